The number of fused-ring (bicyclic) bond motifs is 5. The van der Waals surface area contributed by atoms with Crippen LogP contribution in [0.5, 0.6) is 0 Å². The van der Waals surface area contributed by atoms with Crippen molar-refractivity contribution >= 4 is 5.78 Å². The number of rotatable bonds is 3. The van der Waals surface area contributed by atoms with Crippen LogP contribution in [0.4, 0.5) is 0 Å². The van der Waals surface area contributed by atoms with Gasteiger partial charge in [-0.3, -0.25) is 9.59 Å². The lowest BCUT2D eigenvalue weighted by Gasteiger charge is -2.56. The van der Waals surface area contributed by atoms with E-state index in [2.05, 4.69) is 6.92 Å². The molecule has 1 aromatic rings. The van der Waals surface area contributed by atoms with Crippen molar-refractivity contribution < 1.29 is 14.4 Å². The van der Waals surface area contributed by atoms with E-state index in [4.69, 9.17) is 4.52 Å². The Bertz CT molecular complexity index is 838. The summed E-state index contributed by atoms with van der Waals surface area (Å²) in [5.74, 6) is 3.84. The fraction of sp³-hybridized carbons (Fsp3) is 0.833. The van der Waals surface area contributed by atoms with Crippen LogP contribution in [0.15, 0.2) is 21.6 Å². The summed E-state index contributed by atoms with van der Waals surface area (Å²) in [7, 11) is 0. The molecule has 0 aliphatic heterocycles. The second-order valence-corrected chi connectivity index (χ2v) is 11.1. The van der Waals surface area contributed by atoms with Gasteiger partial charge in [0.05, 0.1) is 5.60 Å². The van der Waals surface area contributed by atoms with E-state index in [-0.39, 0.29) is 29.2 Å². The Morgan fingerprint density at radius 2 is 1.90 bits per heavy atom. The molecule has 4 fully saturated rings. The predicted octanol–water partition coefficient (Wildman–Crippen LogP) is 4.03. The van der Waals surface area contributed by atoms with Crippen LogP contribution in [0.1, 0.15) is 71.6 Å². The Labute approximate surface area is 172 Å². The molecule has 4 aliphatic rings. The number of nitrogens with zero attached hydrogens (tertiary/aromatic N) is 1. The molecule has 0 unspecified atom stereocenters. The largest absolute Gasteiger partial charge is 0.390 e. The number of hydrogen-bond donors (Lipinski definition) is 1. The first-order valence-corrected chi connectivity index (χ1v) is 11.7. The smallest absolute Gasteiger partial charge is 0.282 e. The number of carbonyl (C=O) groups excluding carboxylic acids is 1. The van der Waals surface area contributed by atoms with Crippen LogP contribution in [0, 0.1) is 40.9 Å². The van der Waals surface area contributed by atoms with Crippen molar-refractivity contribution in [2.24, 2.45) is 40.9 Å². The zero-order valence-corrected chi connectivity index (χ0v) is 17.8. The average molecular weight is 402 g/mol. The highest BCUT2D eigenvalue weighted by molar-refractivity contribution is 5.82. The summed E-state index contributed by atoms with van der Waals surface area (Å²) in [6, 6.07) is 1.37. The van der Waals surface area contributed by atoms with E-state index >= 15 is 0 Å². The van der Waals surface area contributed by atoms with Crippen LogP contribution in [0.2, 0.25) is 0 Å². The molecule has 0 spiro atoms. The lowest BCUT2D eigenvalue weighted by molar-refractivity contribution is -0.134. The SMILES string of the molecule is C[C@@]1(O)CC[C@H]2[C@H](CC[C@@H]3[C@@H]2CC[C@]2(C)[C@@H](C(=O)Cn4occc4=O)CC[C@@H]32)C1. The van der Waals surface area contributed by atoms with E-state index in [1.807, 2.05) is 6.92 Å². The Morgan fingerprint density at radius 3 is 2.66 bits per heavy atom. The molecule has 8 atom stereocenters. The van der Waals surface area contributed by atoms with Gasteiger partial charge in [-0.1, -0.05) is 6.92 Å². The lowest BCUT2D eigenvalue weighted by Crippen LogP contribution is -2.51. The van der Waals surface area contributed by atoms with E-state index < -0.39 is 5.60 Å². The lowest BCUT2D eigenvalue weighted by atomic mass is 9.49. The molecule has 0 saturated heterocycles. The molecule has 0 amide bonds. The third-order valence-corrected chi connectivity index (χ3v) is 9.57. The van der Waals surface area contributed by atoms with Gasteiger partial charge >= 0.3 is 0 Å². The molecule has 0 aromatic carbocycles. The standard InChI is InChI=1S/C24H35NO4/c1-23(28)10-7-16-15(13-23)3-4-18-17(16)8-11-24(2)19(18)5-6-20(24)21(26)14-25-22(27)9-12-29-25/h9,12,15-20,28H,3-8,10-11,13-14H2,1-2H3/t15-,16+,17-,18-,19+,20-,23-,24+/m1/s1. The average Bonchev–Trinajstić information content (AvgIpc) is 3.23. The minimum Gasteiger partial charge on any atom is -0.390 e. The molecule has 160 valence electrons. The molecule has 29 heavy (non-hydrogen) atoms. The van der Waals surface area contributed by atoms with Gasteiger partial charge in [0.25, 0.3) is 5.56 Å². The molecule has 5 rings (SSSR count). The summed E-state index contributed by atoms with van der Waals surface area (Å²) in [5.41, 5.74) is -0.624. The van der Waals surface area contributed by atoms with Crippen LogP contribution in [-0.4, -0.2) is 21.2 Å². The Hall–Kier alpha value is -1.36. The second kappa shape index (κ2) is 6.83. The summed E-state index contributed by atoms with van der Waals surface area (Å²) in [6.45, 7) is 4.45. The quantitative estimate of drug-likeness (QED) is 0.830. The maximum Gasteiger partial charge on any atom is 0.282 e. The third-order valence-electron chi connectivity index (χ3n) is 9.57. The van der Waals surface area contributed by atoms with Crippen molar-refractivity contribution in [2.75, 3.05) is 0 Å². The van der Waals surface area contributed by atoms with Crippen molar-refractivity contribution in [3.63, 3.8) is 0 Å². The van der Waals surface area contributed by atoms with Crippen LogP contribution >= 0.6 is 0 Å². The molecular weight excluding hydrogens is 366 g/mol. The summed E-state index contributed by atoms with van der Waals surface area (Å²) in [6.07, 6.45) is 11.4. The highest BCUT2D eigenvalue weighted by atomic mass is 16.5. The molecule has 4 saturated carbocycles. The van der Waals surface area contributed by atoms with Gasteiger partial charge in [0.1, 0.15) is 12.8 Å². The van der Waals surface area contributed by atoms with E-state index in [0.29, 0.717) is 11.8 Å². The molecule has 1 N–H and O–H groups in total. The fourth-order valence-electron chi connectivity index (χ4n) is 8.27. The van der Waals surface area contributed by atoms with Gasteiger partial charge in [-0.25, -0.2) is 0 Å². The zero-order chi connectivity index (χ0) is 20.4. The summed E-state index contributed by atoms with van der Waals surface area (Å²) >= 11 is 0. The van der Waals surface area contributed by atoms with E-state index in [9.17, 15) is 14.7 Å². The number of ketones is 1. The number of aliphatic hydroxyl groups is 1. The normalized spacial score (nSPS) is 46.6. The van der Waals surface area contributed by atoms with Crippen molar-refractivity contribution in [3.8, 4) is 0 Å². The fourth-order valence-corrected chi connectivity index (χ4v) is 8.27. The highest BCUT2D eigenvalue weighted by Crippen LogP contribution is 2.64. The molecule has 1 heterocycles. The van der Waals surface area contributed by atoms with Gasteiger partial charge in [-0.15, -0.1) is 0 Å². The first-order chi connectivity index (χ1) is 13.8. The van der Waals surface area contributed by atoms with Crippen molar-refractivity contribution in [1.29, 1.82) is 0 Å². The summed E-state index contributed by atoms with van der Waals surface area (Å²) in [4.78, 5) is 24.9. The summed E-state index contributed by atoms with van der Waals surface area (Å²) < 4.78 is 6.39. The minimum absolute atomic E-state index is 0.0512. The molecule has 5 nitrogen and oxygen atoms in total. The zero-order valence-electron chi connectivity index (χ0n) is 17.8. The number of aromatic nitrogens is 1. The molecule has 0 radical (unpaired) electrons. The first-order valence-electron chi connectivity index (χ1n) is 11.7. The monoisotopic (exact) mass is 401 g/mol. The van der Waals surface area contributed by atoms with Gasteiger partial charge in [-0.05, 0) is 99.7 Å². The van der Waals surface area contributed by atoms with E-state index in [1.165, 1.54) is 42.8 Å². The second-order valence-electron chi connectivity index (χ2n) is 11.1. The minimum atomic E-state index is -0.466. The maximum absolute atomic E-state index is 13.1. The highest BCUT2D eigenvalue weighted by Gasteiger charge is 2.58. The van der Waals surface area contributed by atoms with Crippen molar-refractivity contribution in [2.45, 2.75) is 83.8 Å². The predicted molar refractivity (Wildman–Crippen MR) is 109 cm³/mol. The Balaban J connectivity index is 1.33. The molecule has 1 aromatic heterocycles. The van der Waals surface area contributed by atoms with Crippen LogP contribution in [-0.2, 0) is 11.3 Å². The Kier molecular flexibility index (Phi) is 4.61. The van der Waals surface area contributed by atoms with E-state index in [0.717, 1.165) is 49.9 Å². The first kappa shape index (κ1) is 19.6. The van der Waals surface area contributed by atoms with E-state index in [1.54, 1.807) is 0 Å². The van der Waals surface area contributed by atoms with Gasteiger partial charge in [0.15, 0.2) is 5.78 Å². The molecule has 4 aliphatic carbocycles. The van der Waals surface area contributed by atoms with Crippen LogP contribution in [0.3, 0.4) is 0 Å². The number of Topliss-reactive ketones (excluding diaryl/α,β-unsaturated/α-hetero) is 1. The molecule has 0 bridgehead atoms. The third kappa shape index (κ3) is 3.15. The number of carbonyl (C=O) groups is 1. The summed E-state index contributed by atoms with van der Waals surface area (Å²) in [5, 5.41) is 10.6. The van der Waals surface area contributed by atoms with Gasteiger partial charge in [0.2, 0.25) is 0 Å². The van der Waals surface area contributed by atoms with Crippen LogP contribution in [0.25, 0.3) is 0 Å². The van der Waals surface area contributed by atoms with Crippen molar-refractivity contribution in [3.05, 3.63) is 22.7 Å². The van der Waals surface area contributed by atoms with Crippen LogP contribution < -0.4 is 5.56 Å². The topological polar surface area (TPSA) is 72.4 Å². The molecule has 5 heteroatoms. The van der Waals surface area contributed by atoms with Crippen molar-refractivity contribution in [1.82, 2.24) is 4.74 Å². The Morgan fingerprint density at radius 1 is 1.10 bits per heavy atom. The van der Waals surface area contributed by atoms with Gasteiger partial charge in [0, 0.05) is 12.0 Å². The maximum atomic E-state index is 13.1. The number of hydrogen-bond acceptors (Lipinski definition) is 4. The van der Waals surface area contributed by atoms with Gasteiger partial charge < -0.3 is 9.63 Å². The van der Waals surface area contributed by atoms with Gasteiger partial charge in [-0.2, -0.15) is 4.74 Å². The molecular formula is C24H35NO4.